The van der Waals surface area contributed by atoms with Gasteiger partial charge in [0.2, 0.25) is 0 Å². The Labute approximate surface area is 77.2 Å². The van der Waals surface area contributed by atoms with Crippen LogP contribution in [0.1, 0.15) is 5.69 Å². The van der Waals surface area contributed by atoms with E-state index in [1.165, 1.54) is 16.5 Å². The van der Waals surface area contributed by atoms with Crippen LogP contribution in [0.2, 0.25) is 0 Å². The molecule has 62 valence electrons. The van der Waals surface area contributed by atoms with Gasteiger partial charge in [-0.1, -0.05) is 24.3 Å². The first kappa shape index (κ1) is 7.74. The molecule has 2 rings (SSSR count). The van der Waals surface area contributed by atoms with Crippen LogP contribution in [0.15, 0.2) is 30.5 Å². The minimum atomic E-state index is 0.893. The van der Waals surface area contributed by atoms with Crippen molar-refractivity contribution in [3.63, 3.8) is 0 Å². The minimum Gasteiger partial charge on any atom is -0.364 e. The first-order chi connectivity index (χ1) is 5.92. The fourth-order valence-corrected chi connectivity index (χ4v) is 1.68. The normalized spacial score (nSPS) is 10.8. The van der Waals surface area contributed by atoms with Gasteiger partial charge in [0.1, 0.15) is 0 Å². The van der Waals surface area contributed by atoms with Crippen molar-refractivity contribution in [2.24, 2.45) is 0 Å². The Morgan fingerprint density at radius 3 is 2.92 bits per heavy atom. The molecule has 0 atom stereocenters. The molecule has 2 heteroatoms. The van der Waals surface area contributed by atoms with Crippen LogP contribution in [0.25, 0.3) is 10.8 Å². The van der Waals surface area contributed by atoms with Crippen molar-refractivity contribution in [1.29, 1.82) is 0 Å². The van der Waals surface area contributed by atoms with E-state index >= 15 is 0 Å². The lowest BCUT2D eigenvalue weighted by atomic mass is 10.1. The first-order valence-electron chi connectivity index (χ1n) is 4.07. The smallest absolute Gasteiger partial charge is 0.0235 e. The topological polar surface area (TPSA) is 15.8 Å². The maximum atomic E-state index is 4.21. The maximum Gasteiger partial charge on any atom is 0.0235 e. The summed E-state index contributed by atoms with van der Waals surface area (Å²) in [6.45, 7) is 0. The van der Waals surface area contributed by atoms with Crippen LogP contribution in [0.4, 0.5) is 0 Å². The SMILES string of the molecule is SCCc1[nH]cc2ccccc12. The quantitative estimate of drug-likeness (QED) is 0.656. The standard InChI is InChI=1S/C10H11NS/c12-6-5-10-9-4-2-1-3-8(9)7-11-10/h1-4,7,11-12H,5-6H2. The number of fused-ring (bicyclic) bond motifs is 1. The lowest BCUT2D eigenvalue weighted by molar-refractivity contribution is 1.09. The molecule has 1 N–H and O–H groups in total. The number of aromatic amines is 1. The van der Waals surface area contributed by atoms with E-state index in [0.29, 0.717) is 0 Å². The molecule has 1 heterocycles. The third-order valence-electron chi connectivity index (χ3n) is 2.05. The maximum absolute atomic E-state index is 4.21. The number of hydrogen-bond acceptors (Lipinski definition) is 1. The molecule has 0 saturated carbocycles. The fraction of sp³-hybridized carbons (Fsp3) is 0.200. The van der Waals surface area contributed by atoms with E-state index in [9.17, 15) is 0 Å². The van der Waals surface area contributed by atoms with Crippen LogP contribution in [0.5, 0.6) is 0 Å². The average molecular weight is 177 g/mol. The van der Waals surface area contributed by atoms with Crippen molar-refractivity contribution >= 4 is 23.4 Å². The molecule has 0 fully saturated rings. The summed E-state index contributed by atoms with van der Waals surface area (Å²) in [5, 5.41) is 2.61. The van der Waals surface area contributed by atoms with E-state index in [0.717, 1.165) is 12.2 Å². The third kappa shape index (κ3) is 1.23. The van der Waals surface area contributed by atoms with Crippen molar-refractivity contribution in [2.75, 3.05) is 5.75 Å². The van der Waals surface area contributed by atoms with Crippen LogP contribution in [-0.4, -0.2) is 10.7 Å². The summed E-state index contributed by atoms with van der Waals surface area (Å²) in [6.07, 6.45) is 3.06. The number of aromatic nitrogens is 1. The van der Waals surface area contributed by atoms with E-state index in [2.05, 4.69) is 41.9 Å². The zero-order valence-corrected chi connectivity index (χ0v) is 7.64. The summed E-state index contributed by atoms with van der Waals surface area (Å²) in [4.78, 5) is 3.27. The fourth-order valence-electron chi connectivity index (χ4n) is 1.46. The van der Waals surface area contributed by atoms with E-state index < -0.39 is 0 Å². The van der Waals surface area contributed by atoms with Crippen LogP contribution >= 0.6 is 12.6 Å². The second kappa shape index (κ2) is 3.23. The number of rotatable bonds is 2. The van der Waals surface area contributed by atoms with E-state index in [4.69, 9.17) is 0 Å². The van der Waals surface area contributed by atoms with Gasteiger partial charge in [-0.3, -0.25) is 0 Å². The van der Waals surface area contributed by atoms with Crippen LogP contribution < -0.4 is 0 Å². The van der Waals surface area contributed by atoms with Gasteiger partial charge in [0.05, 0.1) is 0 Å². The first-order valence-corrected chi connectivity index (χ1v) is 4.71. The molecule has 0 aliphatic rings. The second-order valence-electron chi connectivity index (χ2n) is 2.83. The van der Waals surface area contributed by atoms with Crippen molar-refractivity contribution in [2.45, 2.75) is 6.42 Å². The van der Waals surface area contributed by atoms with E-state index in [1.807, 2.05) is 6.20 Å². The van der Waals surface area contributed by atoms with Gasteiger partial charge in [-0.25, -0.2) is 0 Å². The molecule has 1 aromatic heterocycles. The van der Waals surface area contributed by atoms with Crippen molar-refractivity contribution in [1.82, 2.24) is 4.98 Å². The molecular formula is C10H11NS. The number of nitrogens with one attached hydrogen (secondary N) is 1. The van der Waals surface area contributed by atoms with Gasteiger partial charge in [-0.15, -0.1) is 0 Å². The van der Waals surface area contributed by atoms with Gasteiger partial charge in [0.15, 0.2) is 0 Å². The summed E-state index contributed by atoms with van der Waals surface area (Å²) in [5.74, 6) is 0.893. The van der Waals surface area contributed by atoms with Gasteiger partial charge in [0, 0.05) is 17.3 Å². The predicted molar refractivity (Wildman–Crippen MR) is 55.9 cm³/mol. The molecule has 0 amide bonds. The molecule has 0 spiro atoms. The Morgan fingerprint density at radius 2 is 2.08 bits per heavy atom. The summed E-state index contributed by atoms with van der Waals surface area (Å²) in [6, 6.07) is 8.39. The molecule has 0 unspecified atom stereocenters. The van der Waals surface area contributed by atoms with Crippen LogP contribution in [-0.2, 0) is 6.42 Å². The van der Waals surface area contributed by atoms with Gasteiger partial charge >= 0.3 is 0 Å². The summed E-state index contributed by atoms with van der Waals surface area (Å²) < 4.78 is 0. The highest BCUT2D eigenvalue weighted by Crippen LogP contribution is 2.17. The van der Waals surface area contributed by atoms with Crippen molar-refractivity contribution in [3.05, 3.63) is 36.2 Å². The number of hydrogen-bond donors (Lipinski definition) is 2. The second-order valence-corrected chi connectivity index (χ2v) is 3.28. The Bertz CT molecular complexity index is 378. The van der Waals surface area contributed by atoms with Gasteiger partial charge in [-0.2, -0.15) is 12.6 Å². The van der Waals surface area contributed by atoms with Gasteiger partial charge in [0.25, 0.3) is 0 Å². The molecule has 0 aliphatic heterocycles. The molecule has 1 aromatic carbocycles. The van der Waals surface area contributed by atoms with Crippen molar-refractivity contribution in [3.8, 4) is 0 Å². The Kier molecular flexibility index (Phi) is 2.09. The lowest BCUT2D eigenvalue weighted by Crippen LogP contribution is -1.85. The average Bonchev–Trinajstić information content (AvgIpc) is 2.50. The lowest BCUT2D eigenvalue weighted by Gasteiger charge is -1.94. The minimum absolute atomic E-state index is 0.893. The Morgan fingerprint density at radius 1 is 1.25 bits per heavy atom. The summed E-state index contributed by atoms with van der Waals surface area (Å²) >= 11 is 4.21. The van der Waals surface area contributed by atoms with Crippen molar-refractivity contribution < 1.29 is 0 Å². The van der Waals surface area contributed by atoms with E-state index in [1.54, 1.807) is 0 Å². The highest BCUT2D eigenvalue weighted by Gasteiger charge is 1.99. The third-order valence-corrected chi connectivity index (χ3v) is 2.27. The van der Waals surface area contributed by atoms with E-state index in [-0.39, 0.29) is 0 Å². The van der Waals surface area contributed by atoms with Gasteiger partial charge < -0.3 is 4.98 Å². The number of H-pyrrole nitrogens is 1. The summed E-state index contributed by atoms with van der Waals surface area (Å²) in [5.41, 5.74) is 1.29. The number of thiol groups is 1. The monoisotopic (exact) mass is 177 g/mol. The molecule has 0 saturated heterocycles. The zero-order chi connectivity index (χ0) is 8.39. The molecule has 12 heavy (non-hydrogen) atoms. The molecule has 0 aliphatic carbocycles. The Hall–Kier alpha value is -0.890. The highest BCUT2D eigenvalue weighted by molar-refractivity contribution is 7.80. The number of benzene rings is 1. The van der Waals surface area contributed by atoms with Crippen LogP contribution in [0, 0.1) is 0 Å². The molecule has 0 radical (unpaired) electrons. The Balaban J connectivity index is 2.55. The molecule has 0 bridgehead atoms. The predicted octanol–water partition coefficient (Wildman–Crippen LogP) is 2.64. The summed E-state index contributed by atoms with van der Waals surface area (Å²) in [7, 11) is 0. The number of aryl methyl sites for hydroxylation is 1. The van der Waals surface area contributed by atoms with Gasteiger partial charge in [-0.05, 0) is 17.6 Å². The largest absolute Gasteiger partial charge is 0.364 e. The molecule has 1 nitrogen and oxygen atoms in total. The molecular weight excluding hydrogens is 166 g/mol. The highest BCUT2D eigenvalue weighted by atomic mass is 32.1. The van der Waals surface area contributed by atoms with Crippen LogP contribution in [0.3, 0.4) is 0 Å². The zero-order valence-electron chi connectivity index (χ0n) is 6.75. The molecule has 2 aromatic rings.